The molecule has 0 radical (unpaired) electrons. The van der Waals surface area contributed by atoms with Crippen molar-refractivity contribution in [3.05, 3.63) is 11.1 Å². The fourth-order valence-electron chi connectivity index (χ4n) is 2.39. The first-order valence-corrected chi connectivity index (χ1v) is 9.11. The van der Waals surface area contributed by atoms with Gasteiger partial charge in [0.15, 0.2) is 0 Å². The van der Waals surface area contributed by atoms with E-state index in [0.717, 1.165) is 50.0 Å². The zero-order valence-electron chi connectivity index (χ0n) is 13.7. The molecule has 0 aliphatic heterocycles. The van der Waals surface area contributed by atoms with Crippen molar-refractivity contribution in [3.8, 4) is 0 Å². The monoisotopic (exact) mass is 316 g/mol. The number of halogens is 1. The van der Waals surface area contributed by atoms with Crippen LogP contribution in [0.2, 0.25) is 0 Å². The van der Waals surface area contributed by atoms with Crippen molar-refractivity contribution in [2.24, 2.45) is 0 Å². The molecule has 124 valence electrons. The Bertz CT molecular complexity index is 274. The summed E-state index contributed by atoms with van der Waals surface area (Å²) in [6, 6.07) is 0. The van der Waals surface area contributed by atoms with E-state index in [4.69, 9.17) is 16.7 Å². The van der Waals surface area contributed by atoms with Crippen LogP contribution in [0.4, 0.5) is 0 Å². The molecule has 0 saturated carbocycles. The Hall–Kier alpha value is -0.500. The minimum Gasteiger partial charge on any atom is -0.481 e. The third kappa shape index (κ3) is 17.4. The van der Waals surface area contributed by atoms with Crippen molar-refractivity contribution in [1.29, 1.82) is 0 Å². The molecule has 0 aromatic carbocycles. The third-order valence-electron chi connectivity index (χ3n) is 3.73. The Labute approximate surface area is 136 Å². The van der Waals surface area contributed by atoms with Gasteiger partial charge in [-0.2, -0.15) is 0 Å². The van der Waals surface area contributed by atoms with Gasteiger partial charge in [0, 0.05) is 11.5 Å². The second kappa shape index (κ2) is 15.9. The predicted molar refractivity (Wildman–Crippen MR) is 91.9 cm³/mol. The van der Waals surface area contributed by atoms with Crippen molar-refractivity contribution >= 4 is 17.6 Å². The van der Waals surface area contributed by atoms with Gasteiger partial charge in [0.1, 0.15) is 0 Å². The zero-order valence-corrected chi connectivity index (χ0v) is 14.5. The van der Waals surface area contributed by atoms with Crippen LogP contribution in [0.25, 0.3) is 0 Å². The molecule has 0 fully saturated rings. The average molecular weight is 317 g/mol. The topological polar surface area (TPSA) is 37.3 Å². The number of carboxylic acid groups (broad SMARTS) is 1. The van der Waals surface area contributed by atoms with E-state index in [1.807, 2.05) is 0 Å². The van der Waals surface area contributed by atoms with Crippen LogP contribution in [-0.2, 0) is 4.79 Å². The number of carboxylic acids is 1. The van der Waals surface area contributed by atoms with Crippen molar-refractivity contribution in [1.82, 2.24) is 0 Å². The van der Waals surface area contributed by atoms with Gasteiger partial charge in [-0.15, -0.1) is 0 Å². The lowest BCUT2D eigenvalue weighted by molar-refractivity contribution is -0.137. The molecule has 1 N–H and O–H groups in total. The first kappa shape index (κ1) is 20.5. The summed E-state index contributed by atoms with van der Waals surface area (Å²) in [6.07, 6.45) is 17.8. The molecule has 0 rings (SSSR count). The Morgan fingerprint density at radius 2 is 1.38 bits per heavy atom. The smallest absolute Gasteiger partial charge is 0.303 e. The summed E-state index contributed by atoms with van der Waals surface area (Å²) >= 11 is 6.21. The summed E-state index contributed by atoms with van der Waals surface area (Å²) in [5, 5.41) is 9.54. The molecule has 3 heteroatoms. The minimum absolute atomic E-state index is 0.304. The number of aliphatic carboxylic acids is 1. The number of carbonyl (C=O) groups is 1. The van der Waals surface area contributed by atoms with Crippen LogP contribution in [0.3, 0.4) is 0 Å². The van der Waals surface area contributed by atoms with Crippen LogP contribution >= 0.6 is 11.6 Å². The highest BCUT2D eigenvalue weighted by molar-refractivity contribution is 6.29. The molecule has 0 aliphatic carbocycles. The molecule has 0 bridgehead atoms. The lowest BCUT2D eigenvalue weighted by Gasteiger charge is -2.02. The van der Waals surface area contributed by atoms with E-state index in [1.165, 1.54) is 38.5 Å². The molecular formula is C18H33ClO2. The maximum Gasteiger partial charge on any atom is 0.303 e. The van der Waals surface area contributed by atoms with E-state index >= 15 is 0 Å². The molecule has 0 aromatic heterocycles. The molecule has 0 spiro atoms. The molecule has 21 heavy (non-hydrogen) atoms. The number of allylic oxidation sites excluding steroid dienone is 2. The summed E-state index contributed by atoms with van der Waals surface area (Å²) in [5.41, 5.74) is 0. The van der Waals surface area contributed by atoms with E-state index in [2.05, 4.69) is 13.0 Å². The highest BCUT2D eigenvalue weighted by atomic mass is 35.5. The molecule has 2 nitrogen and oxygen atoms in total. The molecule has 0 unspecified atom stereocenters. The van der Waals surface area contributed by atoms with Crippen LogP contribution < -0.4 is 0 Å². The van der Waals surface area contributed by atoms with Gasteiger partial charge in [-0.1, -0.05) is 76.0 Å². The van der Waals surface area contributed by atoms with Gasteiger partial charge in [0.05, 0.1) is 0 Å². The van der Waals surface area contributed by atoms with Gasteiger partial charge in [-0.05, 0) is 32.1 Å². The molecule has 0 aromatic rings. The number of unbranched alkanes of at least 4 members (excludes halogenated alkanes) is 10. The highest BCUT2D eigenvalue weighted by Gasteiger charge is 1.98. The predicted octanol–water partition coefficient (Wildman–Crippen LogP) is 6.68. The second-order valence-electron chi connectivity index (χ2n) is 5.87. The SMILES string of the molecule is CCCCCCCC/C=C(\Cl)CCCCCCCC(=O)O. The van der Waals surface area contributed by atoms with Crippen molar-refractivity contribution < 1.29 is 9.90 Å². The number of hydrogen-bond donors (Lipinski definition) is 1. The van der Waals surface area contributed by atoms with Gasteiger partial charge in [-0.3, -0.25) is 4.79 Å². The molecule has 0 saturated heterocycles. The minimum atomic E-state index is -0.685. The highest BCUT2D eigenvalue weighted by Crippen LogP contribution is 2.16. The Balaban J connectivity index is 3.30. The van der Waals surface area contributed by atoms with Crippen molar-refractivity contribution in [2.75, 3.05) is 0 Å². The molecular weight excluding hydrogens is 284 g/mol. The molecule has 0 amide bonds. The Kier molecular flexibility index (Phi) is 15.5. The normalized spacial score (nSPS) is 11.8. The summed E-state index contributed by atoms with van der Waals surface area (Å²) in [4.78, 5) is 10.4. The van der Waals surface area contributed by atoms with E-state index in [1.54, 1.807) is 0 Å². The van der Waals surface area contributed by atoms with Crippen LogP contribution in [0.15, 0.2) is 11.1 Å². The van der Waals surface area contributed by atoms with Gasteiger partial charge >= 0.3 is 5.97 Å². The van der Waals surface area contributed by atoms with Crippen LogP contribution in [0.1, 0.15) is 96.8 Å². The fourth-order valence-corrected chi connectivity index (χ4v) is 2.63. The molecule has 0 aliphatic rings. The largest absolute Gasteiger partial charge is 0.481 e. The first-order chi connectivity index (χ1) is 10.2. The van der Waals surface area contributed by atoms with E-state index < -0.39 is 5.97 Å². The third-order valence-corrected chi connectivity index (χ3v) is 4.07. The fraction of sp³-hybridized carbons (Fsp3) is 0.833. The van der Waals surface area contributed by atoms with E-state index in [0.29, 0.717) is 6.42 Å². The summed E-state index contributed by atoms with van der Waals surface area (Å²) < 4.78 is 0. The van der Waals surface area contributed by atoms with Gasteiger partial charge in [0.2, 0.25) is 0 Å². The van der Waals surface area contributed by atoms with Crippen molar-refractivity contribution in [2.45, 2.75) is 96.8 Å². The van der Waals surface area contributed by atoms with Gasteiger partial charge < -0.3 is 5.11 Å². The lowest BCUT2D eigenvalue weighted by atomic mass is 10.1. The Morgan fingerprint density at radius 3 is 2.00 bits per heavy atom. The van der Waals surface area contributed by atoms with E-state index in [9.17, 15) is 4.79 Å². The molecule has 0 heterocycles. The quantitative estimate of drug-likeness (QED) is 0.342. The standard InChI is InChI=1S/C18H33ClO2/c1-2-3-4-5-6-8-11-14-17(19)15-12-9-7-10-13-16-18(20)21/h14H,2-13,15-16H2,1H3,(H,20,21)/b17-14-. The maximum absolute atomic E-state index is 10.4. The second-order valence-corrected chi connectivity index (χ2v) is 6.35. The average Bonchev–Trinajstić information content (AvgIpc) is 2.45. The number of rotatable bonds is 15. The van der Waals surface area contributed by atoms with E-state index in [-0.39, 0.29) is 0 Å². The van der Waals surface area contributed by atoms with Gasteiger partial charge in [-0.25, -0.2) is 0 Å². The van der Waals surface area contributed by atoms with Crippen LogP contribution in [0, 0.1) is 0 Å². The van der Waals surface area contributed by atoms with Crippen molar-refractivity contribution in [3.63, 3.8) is 0 Å². The first-order valence-electron chi connectivity index (χ1n) is 8.73. The van der Waals surface area contributed by atoms with Crippen LogP contribution in [0.5, 0.6) is 0 Å². The molecule has 0 atom stereocenters. The summed E-state index contributed by atoms with van der Waals surface area (Å²) in [7, 11) is 0. The zero-order chi connectivity index (χ0) is 15.8. The summed E-state index contributed by atoms with van der Waals surface area (Å²) in [5.74, 6) is -0.685. The maximum atomic E-state index is 10.4. The number of hydrogen-bond acceptors (Lipinski definition) is 1. The lowest BCUT2D eigenvalue weighted by Crippen LogP contribution is -1.93. The Morgan fingerprint density at radius 1 is 0.857 bits per heavy atom. The summed E-state index contributed by atoms with van der Waals surface area (Å²) in [6.45, 7) is 2.24. The van der Waals surface area contributed by atoms with Gasteiger partial charge in [0.25, 0.3) is 0 Å². The van der Waals surface area contributed by atoms with Crippen LogP contribution in [-0.4, -0.2) is 11.1 Å².